The molecule has 0 aliphatic carbocycles. The van der Waals surface area contributed by atoms with Crippen molar-refractivity contribution in [1.82, 2.24) is 29.4 Å². The molecular formula is C22H31N7OS. The first-order valence-electron chi connectivity index (χ1n) is 10.8. The summed E-state index contributed by atoms with van der Waals surface area (Å²) in [6, 6.07) is 0.295. The number of likely N-dealkylation sites (N-methyl/N-ethyl adjacent to an activating group) is 1. The molecule has 0 bridgehead atoms. The van der Waals surface area contributed by atoms with E-state index in [4.69, 9.17) is 4.98 Å². The number of Topliss-reactive ketones (excluding diaryl/α,β-unsaturated/α-hetero) is 1. The first-order chi connectivity index (χ1) is 14.7. The van der Waals surface area contributed by atoms with Crippen molar-refractivity contribution in [3.63, 3.8) is 0 Å². The van der Waals surface area contributed by atoms with E-state index in [9.17, 15) is 4.79 Å². The summed E-state index contributed by atoms with van der Waals surface area (Å²) in [6.45, 7) is 13.3. The number of carbonyl (C=O) groups is 1. The van der Waals surface area contributed by atoms with Crippen LogP contribution in [-0.2, 0) is 16.8 Å². The minimum absolute atomic E-state index is 0.00534. The van der Waals surface area contributed by atoms with E-state index in [1.807, 2.05) is 6.20 Å². The molecule has 9 heteroatoms. The Morgan fingerprint density at radius 2 is 2.06 bits per heavy atom. The number of anilines is 1. The number of likely N-dealkylation sites (tertiary alicyclic amines) is 1. The summed E-state index contributed by atoms with van der Waals surface area (Å²) in [5.74, 6) is 1.94. The zero-order valence-corrected chi connectivity index (χ0v) is 20.0. The zero-order valence-electron chi connectivity index (χ0n) is 19.2. The molecule has 0 amide bonds. The first-order valence-corrected chi connectivity index (χ1v) is 11.6. The summed E-state index contributed by atoms with van der Waals surface area (Å²) < 4.78 is 2.14. The molecule has 1 fully saturated rings. The molecule has 1 unspecified atom stereocenters. The Morgan fingerprint density at radius 3 is 2.71 bits per heavy atom. The van der Waals surface area contributed by atoms with E-state index in [0.717, 1.165) is 58.7 Å². The van der Waals surface area contributed by atoms with Crippen LogP contribution >= 0.6 is 11.3 Å². The normalized spacial score (nSPS) is 17.5. The van der Waals surface area contributed by atoms with Gasteiger partial charge in [-0.3, -0.25) is 9.69 Å². The van der Waals surface area contributed by atoms with Gasteiger partial charge in [0.15, 0.2) is 22.8 Å². The highest BCUT2D eigenvalue weighted by atomic mass is 32.1. The summed E-state index contributed by atoms with van der Waals surface area (Å²) in [5, 5.41) is 1.09. The van der Waals surface area contributed by atoms with Gasteiger partial charge in [0.05, 0.1) is 16.4 Å². The Hall–Kier alpha value is -2.39. The van der Waals surface area contributed by atoms with E-state index < -0.39 is 0 Å². The molecule has 4 heterocycles. The van der Waals surface area contributed by atoms with Gasteiger partial charge in [-0.2, -0.15) is 0 Å². The molecule has 166 valence electrons. The van der Waals surface area contributed by atoms with E-state index in [-0.39, 0.29) is 11.2 Å². The molecular weight excluding hydrogens is 410 g/mol. The maximum Gasteiger partial charge on any atom is 0.165 e. The van der Waals surface area contributed by atoms with Crippen LogP contribution in [-0.4, -0.2) is 67.9 Å². The smallest absolute Gasteiger partial charge is 0.165 e. The number of ketones is 1. The Morgan fingerprint density at radius 1 is 1.29 bits per heavy atom. The van der Waals surface area contributed by atoms with Crippen LogP contribution in [0.3, 0.4) is 0 Å². The number of aromatic nitrogens is 5. The molecule has 0 aromatic carbocycles. The molecule has 1 atom stereocenters. The van der Waals surface area contributed by atoms with Crippen LogP contribution in [0.2, 0.25) is 0 Å². The lowest BCUT2D eigenvalue weighted by Gasteiger charge is -2.25. The SMILES string of the molecule is CCn1c(-c2cnc(C(C)(C)C)s2)nc2c(N(C)C3CCN(CC(C)=O)C3)ncnc21. The molecule has 1 saturated heterocycles. The van der Waals surface area contributed by atoms with Crippen molar-refractivity contribution in [3.05, 3.63) is 17.5 Å². The third-order valence-electron chi connectivity index (χ3n) is 5.77. The molecule has 0 N–H and O–H groups in total. The predicted molar refractivity (Wildman–Crippen MR) is 125 cm³/mol. The number of hydrogen-bond acceptors (Lipinski definition) is 8. The van der Waals surface area contributed by atoms with E-state index in [0.29, 0.717) is 12.6 Å². The van der Waals surface area contributed by atoms with Gasteiger partial charge in [-0.05, 0) is 20.3 Å². The van der Waals surface area contributed by atoms with E-state index >= 15 is 0 Å². The maximum absolute atomic E-state index is 11.5. The summed E-state index contributed by atoms with van der Waals surface area (Å²) in [7, 11) is 2.07. The van der Waals surface area contributed by atoms with Crippen molar-refractivity contribution in [2.24, 2.45) is 0 Å². The summed E-state index contributed by atoms with van der Waals surface area (Å²) in [6.07, 6.45) is 4.55. The third kappa shape index (κ3) is 4.21. The lowest BCUT2D eigenvalue weighted by molar-refractivity contribution is -0.117. The van der Waals surface area contributed by atoms with Crippen LogP contribution in [0.5, 0.6) is 0 Å². The molecule has 3 aromatic heterocycles. The summed E-state index contributed by atoms with van der Waals surface area (Å²) >= 11 is 1.69. The van der Waals surface area contributed by atoms with Gasteiger partial charge in [-0.25, -0.2) is 19.9 Å². The predicted octanol–water partition coefficient (Wildman–Crippen LogP) is 3.37. The van der Waals surface area contributed by atoms with Gasteiger partial charge in [0.25, 0.3) is 0 Å². The van der Waals surface area contributed by atoms with Crippen molar-refractivity contribution >= 4 is 34.1 Å². The number of rotatable bonds is 6. The maximum atomic E-state index is 11.5. The number of nitrogens with zero attached hydrogens (tertiary/aromatic N) is 7. The number of fused-ring (bicyclic) bond motifs is 1. The number of aryl methyl sites for hydroxylation is 1. The van der Waals surface area contributed by atoms with Crippen molar-refractivity contribution in [2.45, 2.75) is 59.0 Å². The monoisotopic (exact) mass is 441 g/mol. The molecule has 1 aliphatic heterocycles. The topological polar surface area (TPSA) is 80.0 Å². The van der Waals surface area contributed by atoms with Gasteiger partial charge in [0, 0.05) is 44.3 Å². The van der Waals surface area contributed by atoms with Crippen molar-refractivity contribution in [1.29, 1.82) is 0 Å². The van der Waals surface area contributed by atoms with Gasteiger partial charge in [0.2, 0.25) is 0 Å². The highest BCUT2D eigenvalue weighted by Gasteiger charge is 2.29. The fourth-order valence-corrected chi connectivity index (χ4v) is 5.13. The molecule has 0 saturated carbocycles. The van der Waals surface area contributed by atoms with Crippen LogP contribution in [0.1, 0.15) is 46.0 Å². The quantitative estimate of drug-likeness (QED) is 0.580. The average Bonchev–Trinajstić information content (AvgIpc) is 3.43. The Kier molecular flexibility index (Phi) is 5.83. The van der Waals surface area contributed by atoms with Gasteiger partial charge < -0.3 is 9.47 Å². The second-order valence-corrected chi connectivity index (χ2v) is 10.4. The second kappa shape index (κ2) is 8.27. The largest absolute Gasteiger partial charge is 0.353 e. The number of thiazole rings is 1. The third-order valence-corrected chi connectivity index (χ3v) is 7.19. The average molecular weight is 442 g/mol. The van der Waals surface area contributed by atoms with Gasteiger partial charge in [-0.1, -0.05) is 20.8 Å². The van der Waals surface area contributed by atoms with Crippen LogP contribution in [0.25, 0.3) is 21.9 Å². The fraction of sp³-hybridized carbons (Fsp3) is 0.591. The minimum Gasteiger partial charge on any atom is -0.353 e. The van der Waals surface area contributed by atoms with Crippen molar-refractivity contribution < 1.29 is 4.79 Å². The van der Waals surface area contributed by atoms with E-state index in [1.54, 1.807) is 24.6 Å². The number of imidazole rings is 1. The lowest BCUT2D eigenvalue weighted by atomic mass is 9.98. The Bertz CT molecular complexity index is 1100. The first kappa shape index (κ1) is 21.8. The second-order valence-electron chi connectivity index (χ2n) is 9.32. The number of carbonyl (C=O) groups excluding carboxylic acids is 1. The van der Waals surface area contributed by atoms with Gasteiger partial charge >= 0.3 is 0 Å². The molecule has 0 radical (unpaired) electrons. The molecule has 0 spiro atoms. The lowest BCUT2D eigenvalue weighted by Crippen LogP contribution is -2.36. The Balaban J connectivity index is 1.70. The minimum atomic E-state index is 0.00534. The van der Waals surface area contributed by atoms with E-state index in [1.165, 1.54) is 0 Å². The molecule has 31 heavy (non-hydrogen) atoms. The van der Waals surface area contributed by atoms with E-state index in [2.05, 4.69) is 64.1 Å². The van der Waals surface area contributed by atoms with Gasteiger partial charge in [-0.15, -0.1) is 11.3 Å². The zero-order chi connectivity index (χ0) is 22.3. The molecule has 1 aliphatic rings. The number of hydrogen-bond donors (Lipinski definition) is 0. The summed E-state index contributed by atoms with van der Waals surface area (Å²) in [5.41, 5.74) is 1.67. The molecule has 4 rings (SSSR count). The van der Waals surface area contributed by atoms with Crippen LogP contribution in [0, 0.1) is 0 Å². The highest BCUT2D eigenvalue weighted by molar-refractivity contribution is 7.15. The summed E-state index contributed by atoms with van der Waals surface area (Å²) in [4.78, 5) is 35.8. The molecule has 8 nitrogen and oxygen atoms in total. The van der Waals surface area contributed by atoms with Crippen LogP contribution < -0.4 is 4.90 Å². The standard InChI is InChI=1S/C22H31N7OS/c1-7-29-18(16-10-23-21(31-16)22(3,4)5)26-17-19(24-13-25-20(17)29)27(6)15-8-9-28(12-15)11-14(2)30/h10,13,15H,7-9,11-12H2,1-6H3. The van der Waals surface area contributed by atoms with Gasteiger partial charge in [0.1, 0.15) is 12.1 Å². The highest BCUT2D eigenvalue weighted by Crippen LogP contribution is 2.35. The van der Waals surface area contributed by atoms with Crippen molar-refractivity contribution in [3.8, 4) is 10.7 Å². The van der Waals surface area contributed by atoms with Crippen LogP contribution in [0.4, 0.5) is 5.82 Å². The fourth-order valence-electron chi connectivity index (χ4n) is 4.15. The Labute approximate surface area is 187 Å². The van der Waals surface area contributed by atoms with Crippen molar-refractivity contribution in [2.75, 3.05) is 31.6 Å². The molecule has 3 aromatic rings. The van der Waals surface area contributed by atoms with Crippen LogP contribution in [0.15, 0.2) is 12.5 Å².